The second-order valence-electron chi connectivity index (χ2n) is 13.1. The zero-order valence-electron chi connectivity index (χ0n) is 31.2. The van der Waals surface area contributed by atoms with Crippen molar-refractivity contribution in [3.8, 4) is 46.0 Å². The molecule has 11 heteroatoms. The highest BCUT2D eigenvalue weighted by molar-refractivity contribution is 5.47. The zero-order chi connectivity index (χ0) is 37.7. The molecule has 11 nitrogen and oxygen atoms in total. The Morgan fingerprint density at radius 2 is 0.885 bits per heavy atom. The van der Waals surface area contributed by atoms with Gasteiger partial charge in [0.1, 0.15) is 24.4 Å². The lowest BCUT2D eigenvalue weighted by Crippen LogP contribution is -2.22. The van der Waals surface area contributed by atoms with E-state index in [-0.39, 0.29) is 35.5 Å². The first-order valence-electron chi connectivity index (χ1n) is 17.2. The van der Waals surface area contributed by atoms with Crippen LogP contribution < -0.4 is 33.2 Å². The molecule has 3 N–H and O–H groups in total. The first-order valence-corrected chi connectivity index (χ1v) is 17.2. The third-order valence-corrected chi connectivity index (χ3v) is 9.92. The number of hydrogen-bond acceptors (Lipinski definition) is 11. The molecule has 1 aliphatic rings. The van der Waals surface area contributed by atoms with Gasteiger partial charge in [-0.15, -0.1) is 0 Å². The minimum absolute atomic E-state index is 0.0525. The maximum absolute atomic E-state index is 11.1. The summed E-state index contributed by atoms with van der Waals surface area (Å²) in [6.45, 7) is 7.79. The molecule has 1 heterocycles. The smallest absolute Gasteiger partial charge is 0.161 e. The van der Waals surface area contributed by atoms with Crippen LogP contribution in [0.3, 0.4) is 0 Å². The molecule has 0 aromatic heterocycles. The van der Waals surface area contributed by atoms with Crippen molar-refractivity contribution in [1.29, 1.82) is 0 Å². The van der Waals surface area contributed by atoms with E-state index in [2.05, 4.69) is 13.8 Å². The highest BCUT2D eigenvalue weighted by atomic mass is 16.5. The molecule has 1 saturated heterocycles. The van der Waals surface area contributed by atoms with Gasteiger partial charge in [0.05, 0.1) is 47.8 Å². The average molecular weight is 719 g/mol. The molecule has 5 rings (SSSR count). The minimum atomic E-state index is -0.988. The average Bonchev–Trinajstić information content (AvgIpc) is 3.47. The van der Waals surface area contributed by atoms with E-state index in [0.29, 0.717) is 45.6 Å². The quantitative estimate of drug-likeness (QED) is 0.113. The largest absolute Gasteiger partial charge is 0.504 e. The Labute approximate surface area is 305 Å². The Hall–Kier alpha value is -4.84. The number of phenolic OH excluding ortho intramolecular Hbond substituents is 1. The number of ether oxygens (including phenoxy) is 8. The van der Waals surface area contributed by atoms with E-state index >= 15 is 0 Å². The fourth-order valence-electron chi connectivity index (χ4n) is 6.64. The Kier molecular flexibility index (Phi) is 12.3. The van der Waals surface area contributed by atoms with E-state index < -0.39 is 24.4 Å². The van der Waals surface area contributed by atoms with Crippen LogP contribution in [0.5, 0.6) is 46.0 Å². The standard InChI is InChI=1S/C41H50O11/c1-22-23(2)41(29-13-17-34(37(21-29)49-9)51-25(4)39(44)27-11-16-33(46-6)36(20-27)48-8)52-40(22)28-12-14-31(30(42)18-28)50-24(3)38(43)26-10-15-32(45-5)35(19-26)47-7/h10-25,38-44H,1-9H3/t22-,23-,24-,25-,38+,39+,40+,41+/m1/s1. The third kappa shape index (κ3) is 7.96. The van der Waals surface area contributed by atoms with Gasteiger partial charge in [0.2, 0.25) is 0 Å². The van der Waals surface area contributed by atoms with Gasteiger partial charge in [-0.3, -0.25) is 0 Å². The molecule has 8 atom stereocenters. The van der Waals surface area contributed by atoms with Crippen molar-refractivity contribution in [3.63, 3.8) is 0 Å². The van der Waals surface area contributed by atoms with Crippen molar-refractivity contribution in [2.75, 3.05) is 35.5 Å². The minimum Gasteiger partial charge on any atom is -0.504 e. The number of phenols is 1. The maximum Gasteiger partial charge on any atom is 0.161 e. The molecule has 52 heavy (non-hydrogen) atoms. The van der Waals surface area contributed by atoms with E-state index in [1.54, 1.807) is 90.8 Å². The van der Waals surface area contributed by atoms with E-state index in [0.717, 1.165) is 11.1 Å². The predicted molar refractivity (Wildman–Crippen MR) is 195 cm³/mol. The van der Waals surface area contributed by atoms with Crippen molar-refractivity contribution in [1.82, 2.24) is 0 Å². The molecule has 1 aliphatic heterocycles. The van der Waals surface area contributed by atoms with E-state index in [9.17, 15) is 15.3 Å². The van der Waals surface area contributed by atoms with Crippen LogP contribution in [0.25, 0.3) is 0 Å². The van der Waals surface area contributed by atoms with Gasteiger partial charge >= 0.3 is 0 Å². The highest BCUT2D eigenvalue weighted by Gasteiger charge is 2.41. The number of rotatable bonds is 15. The number of benzene rings is 4. The van der Waals surface area contributed by atoms with Gasteiger partial charge in [0, 0.05) is 0 Å². The van der Waals surface area contributed by atoms with E-state index in [1.165, 1.54) is 7.11 Å². The van der Waals surface area contributed by atoms with Gasteiger partial charge < -0.3 is 53.2 Å². The molecule has 280 valence electrons. The summed E-state index contributed by atoms with van der Waals surface area (Å²) in [6, 6.07) is 21.3. The lowest BCUT2D eigenvalue weighted by atomic mass is 9.85. The summed E-state index contributed by atoms with van der Waals surface area (Å²) in [4.78, 5) is 0. The summed E-state index contributed by atoms with van der Waals surface area (Å²) in [5.41, 5.74) is 2.94. The Bertz CT molecular complexity index is 1810. The van der Waals surface area contributed by atoms with Gasteiger partial charge in [-0.25, -0.2) is 0 Å². The van der Waals surface area contributed by atoms with Crippen LogP contribution in [0.15, 0.2) is 72.8 Å². The normalized spacial score (nSPS) is 20.7. The fourth-order valence-corrected chi connectivity index (χ4v) is 6.64. The molecule has 4 aromatic carbocycles. The fraction of sp³-hybridized carbons (Fsp3) is 0.415. The summed E-state index contributed by atoms with van der Waals surface area (Å²) >= 11 is 0. The Morgan fingerprint density at radius 3 is 1.33 bits per heavy atom. The van der Waals surface area contributed by atoms with Gasteiger partial charge in [0.15, 0.2) is 46.0 Å². The number of hydrogen-bond donors (Lipinski definition) is 3. The van der Waals surface area contributed by atoms with Crippen LogP contribution >= 0.6 is 0 Å². The third-order valence-electron chi connectivity index (χ3n) is 9.92. The van der Waals surface area contributed by atoms with Crippen LogP contribution in [-0.4, -0.2) is 63.1 Å². The summed E-state index contributed by atoms with van der Waals surface area (Å²) in [5.74, 6) is 3.57. The first-order chi connectivity index (χ1) is 24.9. The van der Waals surface area contributed by atoms with Crippen molar-refractivity contribution in [2.45, 2.75) is 64.3 Å². The van der Waals surface area contributed by atoms with Gasteiger partial charge in [-0.1, -0.05) is 38.1 Å². The molecule has 0 bridgehead atoms. The molecule has 0 unspecified atom stereocenters. The van der Waals surface area contributed by atoms with Crippen LogP contribution in [0, 0.1) is 11.8 Å². The van der Waals surface area contributed by atoms with E-state index in [1.807, 2.05) is 24.3 Å². The molecule has 0 spiro atoms. The summed E-state index contributed by atoms with van der Waals surface area (Å²) in [6.07, 6.45) is -3.78. The van der Waals surface area contributed by atoms with Crippen LogP contribution in [0.4, 0.5) is 0 Å². The number of aliphatic hydroxyl groups is 2. The van der Waals surface area contributed by atoms with Crippen molar-refractivity contribution >= 4 is 0 Å². The first kappa shape index (κ1) is 38.4. The molecule has 1 fully saturated rings. The molecule has 0 saturated carbocycles. The molecule has 0 aliphatic carbocycles. The van der Waals surface area contributed by atoms with Crippen LogP contribution in [0.1, 0.15) is 74.4 Å². The number of methoxy groups -OCH3 is 5. The van der Waals surface area contributed by atoms with E-state index in [4.69, 9.17) is 37.9 Å². The zero-order valence-corrected chi connectivity index (χ0v) is 31.2. The highest BCUT2D eigenvalue weighted by Crippen LogP contribution is 2.51. The lowest BCUT2D eigenvalue weighted by molar-refractivity contribution is 0.0281. The van der Waals surface area contributed by atoms with Crippen molar-refractivity contribution in [2.24, 2.45) is 11.8 Å². The topological polar surface area (TPSA) is 135 Å². The van der Waals surface area contributed by atoms with Gasteiger partial charge in [0.25, 0.3) is 0 Å². The summed E-state index contributed by atoms with van der Waals surface area (Å²) in [7, 11) is 7.77. The van der Waals surface area contributed by atoms with Gasteiger partial charge in [-0.05, 0) is 96.5 Å². The maximum atomic E-state index is 11.1. The Balaban J connectivity index is 1.27. The summed E-state index contributed by atoms with van der Waals surface area (Å²) < 4.78 is 46.0. The second-order valence-corrected chi connectivity index (χ2v) is 13.1. The van der Waals surface area contributed by atoms with Crippen molar-refractivity contribution in [3.05, 3.63) is 95.1 Å². The summed E-state index contributed by atoms with van der Waals surface area (Å²) in [5, 5.41) is 33.1. The number of aliphatic hydroxyl groups excluding tert-OH is 2. The molecular formula is C41H50O11. The molecule has 4 aromatic rings. The SMILES string of the molecule is COc1ccc([C@@H](O)[C@@H](C)Oc2ccc([C@H]3O[C@H](c4ccc(O[C@H](C)[C@H](O)c5ccc(OC)c(OC)c5)c(OC)c4)[C@H](C)[C@H]3C)cc2O)cc1OC. The lowest BCUT2D eigenvalue weighted by Gasteiger charge is -2.24. The van der Waals surface area contributed by atoms with Gasteiger partial charge in [-0.2, -0.15) is 0 Å². The second kappa shape index (κ2) is 16.7. The van der Waals surface area contributed by atoms with Crippen LogP contribution in [0.2, 0.25) is 0 Å². The van der Waals surface area contributed by atoms with Crippen LogP contribution in [-0.2, 0) is 4.74 Å². The monoisotopic (exact) mass is 718 g/mol. The molecule has 0 amide bonds. The molecule has 0 radical (unpaired) electrons. The number of aromatic hydroxyl groups is 1. The predicted octanol–water partition coefficient (Wildman–Crippen LogP) is 7.52. The van der Waals surface area contributed by atoms with Crippen molar-refractivity contribution < 1.29 is 53.2 Å². The molecular weight excluding hydrogens is 668 g/mol. The Morgan fingerprint density at radius 1 is 0.500 bits per heavy atom.